The van der Waals surface area contributed by atoms with Gasteiger partial charge in [-0.15, -0.1) is 5.10 Å². The number of aromatic nitrogens is 3. The summed E-state index contributed by atoms with van der Waals surface area (Å²) in [5.74, 6) is -1.05. The van der Waals surface area contributed by atoms with Crippen molar-refractivity contribution in [3.05, 3.63) is 40.4 Å². The Morgan fingerprint density at radius 2 is 2.32 bits per heavy atom. The zero-order chi connectivity index (χ0) is 13.8. The van der Waals surface area contributed by atoms with Crippen LogP contribution >= 0.6 is 15.9 Å². The number of hydrogen-bond donors (Lipinski definition) is 2. The highest BCUT2D eigenvalue weighted by Gasteiger charge is 2.13. The molecule has 0 spiro atoms. The van der Waals surface area contributed by atoms with Crippen LogP contribution in [0, 0.1) is 5.82 Å². The Morgan fingerprint density at radius 3 is 3.05 bits per heavy atom. The molecule has 3 N–H and O–H groups in total. The summed E-state index contributed by atoms with van der Waals surface area (Å²) in [6, 6.07) is 4.27. The van der Waals surface area contributed by atoms with Crippen LogP contribution in [0.5, 0.6) is 0 Å². The molecule has 6 nitrogen and oxygen atoms in total. The molecule has 19 heavy (non-hydrogen) atoms. The summed E-state index contributed by atoms with van der Waals surface area (Å²) < 4.78 is 15.6. The summed E-state index contributed by atoms with van der Waals surface area (Å²) in [6.45, 7) is 0.857. The van der Waals surface area contributed by atoms with Crippen LogP contribution < -0.4 is 11.1 Å². The molecule has 2 aromatic rings. The largest absolute Gasteiger partial charge is 0.329 e. The number of benzene rings is 1. The lowest BCUT2D eigenvalue weighted by atomic mass is 10.3. The molecular weight excluding hydrogens is 317 g/mol. The summed E-state index contributed by atoms with van der Waals surface area (Å²) in [7, 11) is 0. The van der Waals surface area contributed by atoms with E-state index in [0.717, 1.165) is 0 Å². The number of anilines is 1. The molecule has 0 unspecified atom stereocenters. The average Bonchev–Trinajstić information content (AvgIpc) is 2.83. The van der Waals surface area contributed by atoms with Crippen LogP contribution in [0.15, 0.2) is 28.9 Å². The van der Waals surface area contributed by atoms with E-state index < -0.39 is 11.7 Å². The van der Waals surface area contributed by atoms with Crippen molar-refractivity contribution < 1.29 is 9.18 Å². The van der Waals surface area contributed by atoms with Crippen molar-refractivity contribution in [1.29, 1.82) is 0 Å². The van der Waals surface area contributed by atoms with Crippen molar-refractivity contribution in [3.8, 4) is 0 Å². The summed E-state index contributed by atoms with van der Waals surface area (Å²) in [4.78, 5) is 11.9. The van der Waals surface area contributed by atoms with Crippen molar-refractivity contribution in [2.24, 2.45) is 5.73 Å². The second-order valence-electron chi connectivity index (χ2n) is 3.73. The maximum Gasteiger partial charge on any atom is 0.277 e. The molecule has 0 radical (unpaired) electrons. The molecular formula is C11H11BrFN5O. The normalized spacial score (nSPS) is 10.5. The molecule has 100 valence electrons. The van der Waals surface area contributed by atoms with E-state index in [4.69, 9.17) is 5.73 Å². The molecule has 2 rings (SSSR count). The number of nitrogens with two attached hydrogens (primary N) is 1. The van der Waals surface area contributed by atoms with E-state index in [9.17, 15) is 9.18 Å². The summed E-state index contributed by atoms with van der Waals surface area (Å²) in [5, 5.41) is 9.86. The van der Waals surface area contributed by atoms with E-state index in [-0.39, 0.29) is 11.4 Å². The zero-order valence-corrected chi connectivity index (χ0v) is 11.4. The van der Waals surface area contributed by atoms with Crippen molar-refractivity contribution in [2.45, 2.75) is 6.54 Å². The fourth-order valence-corrected chi connectivity index (χ4v) is 1.78. The monoisotopic (exact) mass is 327 g/mol. The third-order valence-electron chi connectivity index (χ3n) is 2.31. The van der Waals surface area contributed by atoms with E-state index in [0.29, 0.717) is 17.6 Å². The van der Waals surface area contributed by atoms with Gasteiger partial charge in [0.25, 0.3) is 5.91 Å². The van der Waals surface area contributed by atoms with Gasteiger partial charge in [0.05, 0.1) is 18.4 Å². The van der Waals surface area contributed by atoms with Gasteiger partial charge >= 0.3 is 0 Å². The number of amides is 1. The molecule has 0 saturated heterocycles. The van der Waals surface area contributed by atoms with Gasteiger partial charge in [-0.05, 0) is 18.2 Å². The smallest absolute Gasteiger partial charge is 0.277 e. The van der Waals surface area contributed by atoms with E-state index in [1.165, 1.54) is 23.0 Å². The first-order chi connectivity index (χ1) is 9.10. The van der Waals surface area contributed by atoms with Crippen LogP contribution in [0.3, 0.4) is 0 Å². The van der Waals surface area contributed by atoms with Crippen LogP contribution in [0.4, 0.5) is 10.1 Å². The van der Waals surface area contributed by atoms with E-state index in [2.05, 4.69) is 31.6 Å². The van der Waals surface area contributed by atoms with Gasteiger partial charge in [-0.1, -0.05) is 21.1 Å². The van der Waals surface area contributed by atoms with Gasteiger partial charge in [0.1, 0.15) is 5.82 Å². The minimum absolute atomic E-state index is 0.0766. The Kier molecular flexibility index (Phi) is 4.23. The topological polar surface area (TPSA) is 85.8 Å². The molecule has 1 heterocycles. The first-order valence-corrected chi connectivity index (χ1v) is 6.26. The van der Waals surface area contributed by atoms with Crippen molar-refractivity contribution in [2.75, 3.05) is 11.9 Å². The SMILES string of the molecule is NCCn1cc(C(=O)Nc2cc(Br)ccc2F)nn1. The van der Waals surface area contributed by atoms with Crippen LogP contribution in [0.2, 0.25) is 0 Å². The molecule has 1 amide bonds. The molecule has 0 atom stereocenters. The summed E-state index contributed by atoms with van der Waals surface area (Å²) in [5.41, 5.74) is 5.54. The molecule has 0 fully saturated rings. The molecule has 8 heteroatoms. The lowest BCUT2D eigenvalue weighted by molar-refractivity contribution is 0.102. The van der Waals surface area contributed by atoms with Gasteiger partial charge in [0, 0.05) is 11.0 Å². The number of nitrogens with one attached hydrogen (secondary N) is 1. The molecule has 0 aliphatic heterocycles. The highest BCUT2D eigenvalue weighted by atomic mass is 79.9. The van der Waals surface area contributed by atoms with Gasteiger partial charge < -0.3 is 11.1 Å². The van der Waals surface area contributed by atoms with Crippen LogP contribution in [-0.2, 0) is 6.54 Å². The molecule has 0 aliphatic carbocycles. The van der Waals surface area contributed by atoms with Crippen molar-refractivity contribution in [3.63, 3.8) is 0 Å². The standard InChI is InChI=1S/C11H11BrFN5O/c12-7-1-2-8(13)9(5-7)15-11(19)10-6-18(4-3-14)17-16-10/h1-2,5-6H,3-4,14H2,(H,15,19). The third-order valence-corrected chi connectivity index (χ3v) is 2.80. The number of hydrogen-bond acceptors (Lipinski definition) is 4. The second-order valence-corrected chi connectivity index (χ2v) is 4.65. The van der Waals surface area contributed by atoms with E-state index in [1.54, 1.807) is 6.07 Å². The minimum Gasteiger partial charge on any atom is -0.329 e. The lowest BCUT2D eigenvalue weighted by Crippen LogP contribution is -2.13. The lowest BCUT2D eigenvalue weighted by Gasteiger charge is -2.04. The first-order valence-electron chi connectivity index (χ1n) is 5.47. The molecule has 0 saturated carbocycles. The first kappa shape index (κ1) is 13.6. The Morgan fingerprint density at radius 1 is 1.53 bits per heavy atom. The quantitative estimate of drug-likeness (QED) is 0.888. The Labute approximate surface area is 116 Å². The fraction of sp³-hybridized carbons (Fsp3) is 0.182. The third kappa shape index (κ3) is 3.36. The maximum atomic E-state index is 13.5. The molecule has 1 aromatic carbocycles. The minimum atomic E-state index is -0.528. The molecule has 0 aliphatic rings. The van der Waals surface area contributed by atoms with Gasteiger partial charge in [-0.2, -0.15) is 0 Å². The predicted molar refractivity (Wildman–Crippen MR) is 71.1 cm³/mol. The predicted octanol–water partition coefficient (Wildman–Crippen LogP) is 1.39. The number of nitrogens with zero attached hydrogens (tertiary/aromatic N) is 3. The fourth-order valence-electron chi connectivity index (χ4n) is 1.42. The van der Waals surface area contributed by atoms with Gasteiger partial charge in [-0.3, -0.25) is 9.48 Å². The molecule has 1 aromatic heterocycles. The van der Waals surface area contributed by atoms with Crippen molar-refractivity contribution >= 4 is 27.5 Å². The number of rotatable bonds is 4. The average molecular weight is 328 g/mol. The maximum absolute atomic E-state index is 13.5. The van der Waals surface area contributed by atoms with Crippen LogP contribution in [0.1, 0.15) is 10.5 Å². The molecule has 0 bridgehead atoms. The van der Waals surface area contributed by atoms with Crippen molar-refractivity contribution in [1.82, 2.24) is 15.0 Å². The summed E-state index contributed by atoms with van der Waals surface area (Å²) >= 11 is 3.20. The van der Waals surface area contributed by atoms with Gasteiger partial charge in [-0.25, -0.2) is 4.39 Å². The van der Waals surface area contributed by atoms with E-state index >= 15 is 0 Å². The van der Waals surface area contributed by atoms with Gasteiger partial charge in [0.2, 0.25) is 0 Å². The van der Waals surface area contributed by atoms with Crippen LogP contribution in [-0.4, -0.2) is 27.4 Å². The Balaban J connectivity index is 2.13. The van der Waals surface area contributed by atoms with Gasteiger partial charge in [0.15, 0.2) is 5.69 Å². The van der Waals surface area contributed by atoms with Crippen LogP contribution in [0.25, 0.3) is 0 Å². The highest BCUT2D eigenvalue weighted by Crippen LogP contribution is 2.20. The van der Waals surface area contributed by atoms with E-state index in [1.807, 2.05) is 0 Å². The zero-order valence-electron chi connectivity index (χ0n) is 9.81. The Bertz CT molecular complexity index is 601. The number of halogens is 2. The second kappa shape index (κ2) is 5.89. The highest BCUT2D eigenvalue weighted by molar-refractivity contribution is 9.10. The summed E-state index contributed by atoms with van der Waals surface area (Å²) in [6.07, 6.45) is 1.46. The Hall–Kier alpha value is -1.80. The number of carbonyl (C=O) groups excluding carboxylic acids is 1. The number of carbonyl (C=O) groups is 1.